The number of hydrogen-bond acceptors (Lipinski definition) is 4. The molecule has 0 radical (unpaired) electrons. The van der Waals surface area contributed by atoms with Gasteiger partial charge in [0.15, 0.2) is 0 Å². The minimum Gasteiger partial charge on any atom is -0.465 e. The Morgan fingerprint density at radius 1 is 0.967 bits per heavy atom. The second kappa shape index (κ2) is 14.0. The summed E-state index contributed by atoms with van der Waals surface area (Å²) >= 11 is 0. The minimum absolute atomic E-state index is 0.133. The molecule has 5 heteroatoms. The molecule has 2 rings (SSSR count). The molecule has 158 valence electrons. The van der Waals surface area contributed by atoms with Crippen LogP contribution in [0.1, 0.15) is 47.7 Å². The number of esters is 1. The predicted molar refractivity (Wildman–Crippen MR) is 119 cm³/mol. The van der Waals surface area contributed by atoms with Gasteiger partial charge in [0.1, 0.15) is 6.54 Å². The smallest absolute Gasteiger partial charge is 0.325 e. The predicted octanol–water partition coefficient (Wildman–Crippen LogP) is 3.33. The van der Waals surface area contributed by atoms with Crippen molar-refractivity contribution in [2.24, 2.45) is 0 Å². The number of ether oxygens (including phenoxy) is 1. The van der Waals surface area contributed by atoms with Crippen molar-refractivity contribution < 1.29 is 14.3 Å². The fourth-order valence-corrected chi connectivity index (χ4v) is 2.87. The largest absolute Gasteiger partial charge is 0.465 e. The Labute approximate surface area is 179 Å². The molecular formula is C25H30N2O3. The number of rotatable bonds is 11. The van der Waals surface area contributed by atoms with E-state index in [9.17, 15) is 9.59 Å². The molecule has 0 heterocycles. The van der Waals surface area contributed by atoms with Crippen LogP contribution in [0.5, 0.6) is 0 Å². The van der Waals surface area contributed by atoms with Gasteiger partial charge < -0.3 is 15.4 Å². The molecule has 0 unspecified atom stereocenters. The number of unbranched alkanes of at least 4 members (excludes halogenated alkanes) is 2. The molecule has 0 atom stereocenters. The molecule has 0 spiro atoms. The van der Waals surface area contributed by atoms with Crippen LogP contribution in [0.2, 0.25) is 0 Å². The lowest BCUT2D eigenvalue weighted by Crippen LogP contribution is -2.30. The van der Waals surface area contributed by atoms with E-state index in [2.05, 4.69) is 46.7 Å². The average molecular weight is 407 g/mol. The normalized spacial score (nSPS) is 10.0. The molecule has 2 aromatic carbocycles. The van der Waals surface area contributed by atoms with E-state index in [1.165, 1.54) is 18.4 Å². The first-order chi connectivity index (χ1) is 14.7. The van der Waals surface area contributed by atoms with Crippen molar-refractivity contribution in [3.8, 4) is 11.8 Å². The van der Waals surface area contributed by atoms with Crippen LogP contribution in [0.15, 0.2) is 54.6 Å². The van der Waals surface area contributed by atoms with Crippen LogP contribution in [0, 0.1) is 11.8 Å². The minimum atomic E-state index is -0.447. The zero-order valence-corrected chi connectivity index (χ0v) is 17.6. The number of carbonyl (C=O) groups excluding carboxylic acids is 2. The van der Waals surface area contributed by atoms with E-state index < -0.39 is 5.97 Å². The highest BCUT2D eigenvalue weighted by molar-refractivity contribution is 5.96. The van der Waals surface area contributed by atoms with Crippen molar-refractivity contribution in [3.05, 3.63) is 71.3 Å². The van der Waals surface area contributed by atoms with Gasteiger partial charge in [0, 0.05) is 11.1 Å². The number of amides is 1. The van der Waals surface area contributed by atoms with E-state index in [0.717, 1.165) is 24.9 Å². The van der Waals surface area contributed by atoms with E-state index in [1.807, 2.05) is 6.07 Å². The molecule has 0 saturated carbocycles. The topological polar surface area (TPSA) is 67.4 Å². The molecule has 0 saturated heterocycles. The third kappa shape index (κ3) is 9.40. The molecule has 5 nitrogen and oxygen atoms in total. The highest BCUT2D eigenvalue weighted by Gasteiger charge is 2.08. The summed E-state index contributed by atoms with van der Waals surface area (Å²) < 4.78 is 4.78. The van der Waals surface area contributed by atoms with Gasteiger partial charge in [0.05, 0.1) is 13.2 Å². The van der Waals surface area contributed by atoms with Crippen molar-refractivity contribution in [2.45, 2.75) is 32.6 Å². The maximum atomic E-state index is 12.0. The molecular weight excluding hydrogens is 376 g/mol. The first-order valence-corrected chi connectivity index (χ1v) is 10.5. The summed E-state index contributed by atoms with van der Waals surface area (Å²) in [6.45, 7) is 3.49. The van der Waals surface area contributed by atoms with Crippen LogP contribution in [-0.2, 0) is 16.0 Å². The zero-order chi connectivity index (χ0) is 21.4. The summed E-state index contributed by atoms with van der Waals surface area (Å²) in [6.07, 6.45) is 4.69. The van der Waals surface area contributed by atoms with Crippen LogP contribution in [-0.4, -0.2) is 38.1 Å². The number of benzene rings is 2. The Morgan fingerprint density at radius 2 is 1.73 bits per heavy atom. The van der Waals surface area contributed by atoms with E-state index >= 15 is 0 Å². The van der Waals surface area contributed by atoms with Gasteiger partial charge in [0.2, 0.25) is 0 Å². The maximum absolute atomic E-state index is 12.0. The molecule has 0 aromatic heterocycles. The molecule has 0 fully saturated rings. The van der Waals surface area contributed by atoms with Gasteiger partial charge in [-0.05, 0) is 62.6 Å². The zero-order valence-electron chi connectivity index (χ0n) is 17.6. The Kier molecular flexibility index (Phi) is 10.8. The summed E-state index contributed by atoms with van der Waals surface area (Å²) in [6, 6.07) is 17.6. The highest BCUT2D eigenvalue weighted by Crippen LogP contribution is 2.06. The van der Waals surface area contributed by atoms with E-state index in [4.69, 9.17) is 4.74 Å². The van der Waals surface area contributed by atoms with Gasteiger partial charge in [-0.2, -0.15) is 0 Å². The Hall–Kier alpha value is -3.10. The molecule has 0 aliphatic heterocycles. The molecule has 0 aliphatic carbocycles. The van der Waals surface area contributed by atoms with Crippen LogP contribution in [0.3, 0.4) is 0 Å². The number of hydrogen-bond donors (Lipinski definition) is 2. The van der Waals surface area contributed by atoms with Crippen molar-refractivity contribution >= 4 is 11.9 Å². The lowest BCUT2D eigenvalue weighted by Gasteiger charge is -2.05. The second-order valence-electron chi connectivity index (χ2n) is 6.84. The van der Waals surface area contributed by atoms with Gasteiger partial charge in [-0.25, -0.2) is 0 Å². The third-order valence-corrected chi connectivity index (χ3v) is 4.45. The van der Waals surface area contributed by atoms with Crippen molar-refractivity contribution in [1.82, 2.24) is 10.6 Å². The van der Waals surface area contributed by atoms with Gasteiger partial charge in [0.25, 0.3) is 5.91 Å². The fourth-order valence-electron chi connectivity index (χ4n) is 2.87. The molecule has 30 heavy (non-hydrogen) atoms. The van der Waals surface area contributed by atoms with Gasteiger partial charge in [-0.1, -0.05) is 48.6 Å². The third-order valence-electron chi connectivity index (χ3n) is 4.45. The van der Waals surface area contributed by atoms with Gasteiger partial charge >= 0.3 is 5.97 Å². The average Bonchev–Trinajstić information content (AvgIpc) is 2.77. The lowest BCUT2D eigenvalue weighted by molar-refractivity contribution is -0.141. The lowest BCUT2D eigenvalue weighted by atomic mass is 10.1. The van der Waals surface area contributed by atoms with Crippen LogP contribution < -0.4 is 10.6 Å². The van der Waals surface area contributed by atoms with E-state index in [0.29, 0.717) is 18.7 Å². The van der Waals surface area contributed by atoms with Gasteiger partial charge in [-0.15, -0.1) is 0 Å². The molecule has 1 amide bonds. The van der Waals surface area contributed by atoms with Crippen LogP contribution in [0.4, 0.5) is 0 Å². The van der Waals surface area contributed by atoms with E-state index in [-0.39, 0.29) is 12.5 Å². The second-order valence-corrected chi connectivity index (χ2v) is 6.84. The SMILES string of the molecule is CCOC(=O)CNC(=O)c1ccc(C#CCNCCCCCc2ccccc2)cc1. The summed E-state index contributed by atoms with van der Waals surface area (Å²) in [7, 11) is 0. The van der Waals surface area contributed by atoms with Crippen LogP contribution >= 0.6 is 0 Å². The first-order valence-electron chi connectivity index (χ1n) is 10.5. The Morgan fingerprint density at radius 3 is 2.47 bits per heavy atom. The monoisotopic (exact) mass is 406 g/mol. The number of nitrogens with one attached hydrogen (secondary N) is 2. The van der Waals surface area contributed by atoms with Crippen molar-refractivity contribution in [3.63, 3.8) is 0 Å². The summed E-state index contributed by atoms with van der Waals surface area (Å²) in [5.41, 5.74) is 2.74. The summed E-state index contributed by atoms with van der Waals surface area (Å²) in [5.74, 6) is 5.43. The van der Waals surface area contributed by atoms with Gasteiger partial charge in [-0.3, -0.25) is 9.59 Å². The highest BCUT2D eigenvalue weighted by atomic mass is 16.5. The van der Waals surface area contributed by atoms with Crippen LogP contribution in [0.25, 0.3) is 0 Å². The maximum Gasteiger partial charge on any atom is 0.325 e. The van der Waals surface area contributed by atoms with Crippen molar-refractivity contribution in [1.29, 1.82) is 0 Å². The number of aryl methyl sites for hydroxylation is 1. The quantitative estimate of drug-likeness (QED) is 0.341. The standard InChI is InChI=1S/C25H30N2O3/c1-2-30-24(28)20-27-25(29)23-16-14-22(15-17-23)13-9-19-26-18-8-4-7-12-21-10-5-3-6-11-21/h3,5-6,10-11,14-17,26H,2,4,7-8,12,18-20H2,1H3,(H,27,29). The van der Waals surface area contributed by atoms with E-state index in [1.54, 1.807) is 31.2 Å². The Balaban J connectivity index is 1.58. The molecule has 2 aromatic rings. The molecule has 0 aliphatic rings. The summed E-state index contributed by atoms with van der Waals surface area (Å²) in [4.78, 5) is 23.3. The summed E-state index contributed by atoms with van der Waals surface area (Å²) in [5, 5.41) is 5.87. The molecule has 2 N–H and O–H groups in total. The molecule has 0 bridgehead atoms. The first kappa shape index (κ1) is 23.2. The Bertz CT molecular complexity index is 836. The fraction of sp³-hybridized carbons (Fsp3) is 0.360. The van der Waals surface area contributed by atoms with Crippen molar-refractivity contribution in [2.75, 3.05) is 26.2 Å². The number of carbonyl (C=O) groups is 2.